The van der Waals surface area contributed by atoms with Crippen molar-refractivity contribution in [3.05, 3.63) is 53.6 Å². The molecule has 6 heteroatoms. The van der Waals surface area contributed by atoms with Gasteiger partial charge < -0.3 is 11.5 Å². The van der Waals surface area contributed by atoms with Gasteiger partial charge in [0.05, 0.1) is 0 Å². The molecule has 0 amide bonds. The molecule has 1 fully saturated rings. The summed E-state index contributed by atoms with van der Waals surface area (Å²) >= 11 is 6.16. The predicted octanol–water partition coefficient (Wildman–Crippen LogP) is 4.12. The maximum Gasteiger partial charge on any atom is 0.220 e. The lowest BCUT2D eigenvalue weighted by Crippen LogP contribution is -2.58. The number of anilines is 1. The molecule has 1 spiro atoms. The van der Waals surface area contributed by atoms with Crippen molar-refractivity contribution >= 4 is 29.2 Å². The van der Waals surface area contributed by atoms with E-state index in [1.807, 2.05) is 36.4 Å². The average Bonchev–Trinajstić information content (AvgIpc) is 2.62. The standard InChI is InChI=1S/C20H22ClN5/c21-16-8-4-6-14(12-16)15-7-5-9-17(13-15)26-19(23)24-18(22)25-20(26)10-2-1-3-11-20/h4-9,12-13H,1-3,10-11H2,(H4,22,23,24,25). The zero-order valence-corrected chi connectivity index (χ0v) is 15.3. The number of hydrogen-bond donors (Lipinski definition) is 2. The van der Waals surface area contributed by atoms with Crippen molar-refractivity contribution in [2.75, 3.05) is 4.90 Å². The van der Waals surface area contributed by atoms with Crippen LogP contribution in [0, 0.1) is 0 Å². The number of hydrogen-bond acceptors (Lipinski definition) is 5. The van der Waals surface area contributed by atoms with E-state index in [2.05, 4.69) is 22.0 Å². The Kier molecular flexibility index (Phi) is 4.32. The van der Waals surface area contributed by atoms with Gasteiger partial charge in [-0.2, -0.15) is 4.99 Å². The second-order valence-electron chi connectivity index (χ2n) is 6.88. The van der Waals surface area contributed by atoms with E-state index in [-0.39, 0.29) is 5.96 Å². The smallest absolute Gasteiger partial charge is 0.220 e. The summed E-state index contributed by atoms with van der Waals surface area (Å²) in [5, 5.41) is 0.716. The summed E-state index contributed by atoms with van der Waals surface area (Å²) < 4.78 is 0. The Labute approximate surface area is 158 Å². The van der Waals surface area contributed by atoms with E-state index < -0.39 is 5.66 Å². The Bertz CT molecular complexity index is 883. The lowest BCUT2D eigenvalue weighted by molar-refractivity contribution is 0.305. The Morgan fingerprint density at radius 1 is 0.923 bits per heavy atom. The topological polar surface area (TPSA) is 80.0 Å². The summed E-state index contributed by atoms with van der Waals surface area (Å²) in [7, 11) is 0. The van der Waals surface area contributed by atoms with Gasteiger partial charge in [-0.1, -0.05) is 42.3 Å². The van der Waals surface area contributed by atoms with Crippen LogP contribution in [0.4, 0.5) is 5.69 Å². The second-order valence-corrected chi connectivity index (χ2v) is 7.32. The first-order chi connectivity index (χ1) is 12.6. The quantitative estimate of drug-likeness (QED) is 0.837. The van der Waals surface area contributed by atoms with Crippen LogP contribution in [0.25, 0.3) is 11.1 Å². The molecule has 1 aliphatic heterocycles. The third-order valence-corrected chi connectivity index (χ3v) is 5.35. The SMILES string of the molecule is NC1=NC2(CCCCC2)N(c2cccc(-c3cccc(Cl)c3)c2)C(N)=N1. The first-order valence-corrected chi connectivity index (χ1v) is 9.31. The number of rotatable bonds is 2. The van der Waals surface area contributed by atoms with E-state index in [0.717, 1.165) is 42.5 Å². The first-order valence-electron chi connectivity index (χ1n) is 8.93. The lowest BCUT2D eigenvalue weighted by atomic mass is 9.87. The van der Waals surface area contributed by atoms with E-state index in [1.165, 1.54) is 6.42 Å². The fourth-order valence-electron chi connectivity index (χ4n) is 3.99. The van der Waals surface area contributed by atoms with Crippen molar-refractivity contribution < 1.29 is 0 Å². The van der Waals surface area contributed by atoms with Crippen LogP contribution in [0.1, 0.15) is 32.1 Å². The van der Waals surface area contributed by atoms with Gasteiger partial charge in [0, 0.05) is 10.7 Å². The van der Waals surface area contributed by atoms with E-state index in [4.69, 9.17) is 28.1 Å². The van der Waals surface area contributed by atoms with Gasteiger partial charge in [-0.25, -0.2) is 4.99 Å². The van der Waals surface area contributed by atoms with Gasteiger partial charge in [0.2, 0.25) is 11.9 Å². The number of nitrogens with zero attached hydrogens (tertiary/aromatic N) is 3. The third kappa shape index (κ3) is 3.03. The number of guanidine groups is 2. The Morgan fingerprint density at radius 2 is 1.62 bits per heavy atom. The molecule has 4 N–H and O–H groups in total. The molecular weight excluding hydrogens is 346 g/mol. The number of halogens is 1. The molecule has 2 aliphatic rings. The van der Waals surface area contributed by atoms with Crippen molar-refractivity contribution in [3.63, 3.8) is 0 Å². The molecule has 0 aromatic heterocycles. The molecular formula is C20H22ClN5. The highest BCUT2D eigenvalue weighted by Gasteiger charge is 2.42. The summed E-state index contributed by atoms with van der Waals surface area (Å²) in [5.74, 6) is 0.675. The Morgan fingerprint density at radius 3 is 2.35 bits per heavy atom. The molecule has 5 nitrogen and oxygen atoms in total. The summed E-state index contributed by atoms with van der Waals surface area (Å²) in [4.78, 5) is 11.0. The molecule has 0 unspecified atom stereocenters. The van der Waals surface area contributed by atoms with Crippen molar-refractivity contribution in [2.45, 2.75) is 37.8 Å². The van der Waals surface area contributed by atoms with Crippen LogP contribution >= 0.6 is 11.6 Å². The van der Waals surface area contributed by atoms with Crippen LogP contribution in [0.5, 0.6) is 0 Å². The molecule has 1 saturated carbocycles. The maximum absolute atomic E-state index is 6.31. The van der Waals surface area contributed by atoms with Crippen molar-refractivity contribution in [1.29, 1.82) is 0 Å². The van der Waals surface area contributed by atoms with Gasteiger partial charge in [-0.3, -0.25) is 4.90 Å². The van der Waals surface area contributed by atoms with Gasteiger partial charge in [-0.05, 0) is 61.1 Å². The first kappa shape index (κ1) is 16.9. The predicted molar refractivity (Wildman–Crippen MR) is 108 cm³/mol. The van der Waals surface area contributed by atoms with E-state index in [9.17, 15) is 0 Å². The molecule has 26 heavy (non-hydrogen) atoms. The van der Waals surface area contributed by atoms with Crippen LogP contribution in [0.15, 0.2) is 58.5 Å². The van der Waals surface area contributed by atoms with Gasteiger partial charge in [0.1, 0.15) is 5.66 Å². The van der Waals surface area contributed by atoms with Crippen LogP contribution in [0.2, 0.25) is 5.02 Å². The third-order valence-electron chi connectivity index (χ3n) is 5.11. The number of benzene rings is 2. The van der Waals surface area contributed by atoms with E-state index in [1.54, 1.807) is 0 Å². The molecule has 0 bridgehead atoms. The molecule has 0 saturated heterocycles. The molecule has 0 atom stereocenters. The normalized spacial score (nSPS) is 19.2. The molecule has 2 aromatic carbocycles. The monoisotopic (exact) mass is 367 g/mol. The van der Waals surface area contributed by atoms with Crippen LogP contribution in [-0.4, -0.2) is 17.6 Å². The highest BCUT2D eigenvalue weighted by molar-refractivity contribution is 6.30. The molecule has 134 valence electrons. The Hall–Kier alpha value is -2.53. The van der Waals surface area contributed by atoms with Crippen LogP contribution in [-0.2, 0) is 0 Å². The van der Waals surface area contributed by atoms with Gasteiger partial charge in [-0.15, -0.1) is 0 Å². The largest absolute Gasteiger partial charge is 0.369 e. The van der Waals surface area contributed by atoms with Crippen LogP contribution in [0.3, 0.4) is 0 Å². The average molecular weight is 368 g/mol. The minimum atomic E-state index is -0.429. The molecule has 0 radical (unpaired) electrons. The molecule has 1 heterocycles. The maximum atomic E-state index is 6.31. The van der Waals surface area contributed by atoms with Crippen molar-refractivity contribution in [1.82, 2.24) is 0 Å². The number of aliphatic imine (C=N–C) groups is 2. The fourth-order valence-corrected chi connectivity index (χ4v) is 4.18. The van der Waals surface area contributed by atoms with Gasteiger partial charge in [0.15, 0.2) is 0 Å². The second kappa shape index (κ2) is 6.65. The highest BCUT2D eigenvalue weighted by Crippen LogP contribution is 2.40. The highest BCUT2D eigenvalue weighted by atomic mass is 35.5. The van der Waals surface area contributed by atoms with E-state index >= 15 is 0 Å². The Balaban J connectivity index is 1.78. The van der Waals surface area contributed by atoms with Gasteiger partial charge in [0.25, 0.3) is 0 Å². The van der Waals surface area contributed by atoms with Gasteiger partial charge >= 0.3 is 0 Å². The zero-order chi connectivity index (χ0) is 18.1. The summed E-state index contributed by atoms with van der Waals surface area (Å²) in [5.41, 5.74) is 14.9. The van der Waals surface area contributed by atoms with Crippen molar-refractivity contribution in [2.24, 2.45) is 21.5 Å². The minimum absolute atomic E-state index is 0.270. The number of nitrogens with two attached hydrogens (primary N) is 2. The van der Waals surface area contributed by atoms with E-state index in [0.29, 0.717) is 11.0 Å². The zero-order valence-electron chi connectivity index (χ0n) is 14.5. The minimum Gasteiger partial charge on any atom is -0.369 e. The van der Waals surface area contributed by atoms with Crippen LogP contribution < -0.4 is 16.4 Å². The molecule has 4 rings (SSSR count). The molecule has 1 aliphatic carbocycles. The summed E-state index contributed by atoms with van der Waals surface area (Å²) in [6.07, 6.45) is 5.27. The summed E-state index contributed by atoms with van der Waals surface area (Å²) in [6.45, 7) is 0. The van der Waals surface area contributed by atoms with Crippen molar-refractivity contribution in [3.8, 4) is 11.1 Å². The molecule has 2 aromatic rings. The summed E-state index contributed by atoms with van der Waals surface area (Å²) in [6, 6.07) is 16.1. The lowest BCUT2D eigenvalue weighted by Gasteiger charge is -2.45. The fraction of sp³-hybridized carbons (Fsp3) is 0.300.